The Morgan fingerprint density at radius 2 is 2.06 bits per heavy atom. The molecule has 3 heteroatoms. The van der Waals surface area contributed by atoms with Crippen LogP contribution in [0, 0.1) is 11.3 Å². The van der Waals surface area contributed by atoms with E-state index in [2.05, 4.69) is 6.92 Å². The van der Waals surface area contributed by atoms with E-state index in [9.17, 15) is 4.79 Å². The van der Waals surface area contributed by atoms with Crippen LogP contribution in [0.2, 0.25) is 0 Å². The smallest absolute Gasteiger partial charge is 0.354 e. The van der Waals surface area contributed by atoms with Gasteiger partial charge in [0.25, 0.3) is 0 Å². The first-order chi connectivity index (χ1) is 8.21. The van der Waals surface area contributed by atoms with Crippen molar-refractivity contribution in [3.63, 3.8) is 0 Å². The molecule has 3 nitrogen and oxygen atoms in total. The van der Waals surface area contributed by atoms with Crippen molar-refractivity contribution in [2.45, 2.75) is 26.7 Å². The first-order valence-electron chi connectivity index (χ1n) is 5.70. The van der Waals surface area contributed by atoms with Crippen molar-refractivity contribution < 1.29 is 4.42 Å². The number of rotatable bonds is 2. The van der Waals surface area contributed by atoms with Crippen LogP contribution in [0.1, 0.15) is 30.5 Å². The Hall–Kier alpha value is -2.08. The van der Waals surface area contributed by atoms with Crippen molar-refractivity contribution in [1.82, 2.24) is 0 Å². The maximum Gasteiger partial charge on any atom is 0.354 e. The van der Waals surface area contributed by atoms with Crippen LogP contribution in [0.15, 0.2) is 27.4 Å². The summed E-state index contributed by atoms with van der Waals surface area (Å²) in [5, 5.41) is 9.88. The Morgan fingerprint density at radius 3 is 2.65 bits per heavy atom. The number of hydrogen-bond acceptors (Lipinski definition) is 3. The summed E-state index contributed by atoms with van der Waals surface area (Å²) in [6.07, 6.45) is 1.57. The summed E-state index contributed by atoms with van der Waals surface area (Å²) in [4.78, 5) is 11.6. The average Bonchev–Trinajstić information content (AvgIpc) is 2.36. The Labute approximate surface area is 99.3 Å². The van der Waals surface area contributed by atoms with Crippen LogP contribution in [-0.4, -0.2) is 0 Å². The van der Waals surface area contributed by atoms with E-state index < -0.39 is 5.63 Å². The highest BCUT2D eigenvalue weighted by atomic mass is 16.4. The number of fused-ring (bicyclic) bond motifs is 1. The normalized spacial score (nSPS) is 10.4. The first-order valence-corrected chi connectivity index (χ1v) is 5.70. The highest BCUT2D eigenvalue weighted by molar-refractivity contribution is 5.82. The predicted molar refractivity (Wildman–Crippen MR) is 66.0 cm³/mol. The van der Waals surface area contributed by atoms with Gasteiger partial charge in [-0.15, -0.1) is 0 Å². The molecule has 86 valence electrons. The van der Waals surface area contributed by atoms with E-state index in [-0.39, 0.29) is 5.56 Å². The Balaban J connectivity index is 2.91. The van der Waals surface area contributed by atoms with Crippen LogP contribution in [0.5, 0.6) is 0 Å². The lowest BCUT2D eigenvalue weighted by Crippen LogP contribution is -2.08. The molecule has 0 aliphatic rings. The highest BCUT2D eigenvalue weighted by Crippen LogP contribution is 2.22. The minimum Gasteiger partial charge on any atom is -0.422 e. The standard InChI is InChI=1S/C14H13NO2/c1-3-9-5-6-13-11(7-9)10(4-2)12(8-15)14(16)17-13/h5-7H,3-4H2,1-2H3. The molecule has 0 spiro atoms. The Morgan fingerprint density at radius 1 is 1.29 bits per heavy atom. The zero-order valence-electron chi connectivity index (χ0n) is 9.91. The average molecular weight is 227 g/mol. The summed E-state index contributed by atoms with van der Waals surface area (Å²) in [7, 11) is 0. The lowest BCUT2D eigenvalue weighted by molar-refractivity contribution is 0.556. The molecule has 0 saturated carbocycles. The largest absolute Gasteiger partial charge is 0.422 e. The fraction of sp³-hybridized carbons (Fsp3) is 0.286. The molecule has 0 N–H and O–H groups in total. The van der Waals surface area contributed by atoms with Crippen LogP contribution >= 0.6 is 0 Å². The molecule has 1 heterocycles. The van der Waals surface area contributed by atoms with E-state index in [0.717, 1.165) is 17.4 Å². The zero-order chi connectivity index (χ0) is 12.4. The second-order valence-electron chi connectivity index (χ2n) is 3.89. The Kier molecular flexibility index (Phi) is 2.97. The molecule has 0 radical (unpaired) electrons. The summed E-state index contributed by atoms with van der Waals surface area (Å²) < 4.78 is 5.15. The highest BCUT2D eigenvalue weighted by Gasteiger charge is 2.12. The minimum atomic E-state index is -0.541. The van der Waals surface area contributed by atoms with Gasteiger partial charge in [-0.2, -0.15) is 5.26 Å². The lowest BCUT2D eigenvalue weighted by atomic mass is 10.0. The van der Waals surface area contributed by atoms with Crippen LogP contribution < -0.4 is 5.63 Å². The second kappa shape index (κ2) is 4.42. The molecule has 2 rings (SSSR count). The quantitative estimate of drug-likeness (QED) is 0.741. The van der Waals surface area contributed by atoms with Crippen LogP contribution in [0.25, 0.3) is 11.0 Å². The van der Waals surface area contributed by atoms with E-state index in [1.807, 2.05) is 25.1 Å². The topological polar surface area (TPSA) is 54.0 Å². The van der Waals surface area contributed by atoms with Crippen LogP contribution in [-0.2, 0) is 12.8 Å². The van der Waals surface area contributed by atoms with Crippen molar-refractivity contribution in [2.75, 3.05) is 0 Å². The number of nitriles is 1. The molecule has 0 amide bonds. The zero-order valence-corrected chi connectivity index (χ0v) is 9.91. The maximum absolute atomic E-state index is 11.6. The molecule has 1 aromatic carbocycles. The molecule has 0 aliphatic heterocycles. The summed E-state index contributed by atoms with van der Waals surface area (Å²) in [6, 6.07) is 7.68. The van der Waals surface area contributed by atoms with Gasteiger partial charge in [-0.3, -0.25) is 0 Å². The molecule has 0 unspecified atom stereocenters. The van der Waals surface area contributed by atoms with E-state index in [0.29, 0.717) is 12.0 Å². The lowest BCUT2D eigenvalue weighted by Gasteiger charge is -2.06. The predicted octanol–water partition coefficient (Wildman–Crippen LogP) is 2.79. The molecule has 2 aromatic rings. The summed E-state index contributed by atoms with van der Waals surface area (Å²) in [6.45, 7) is 4.00. The summed E-state index contributed by atoms with van der Waals surface area (Å²) in [5.74, 6) is 0. The minimum absolute atomic E-state index is 0.133. The van der Waals surface area contributed by atoms with E-state index in [1.165, 1.54) is 5.56 Å². The molecule has 0 fully saturated rings. The van der Waals surface area contributed by atoms with Crippen molar-refractivity contribution >= 4 is 11.0 Å². The fourth-order valence-corrected chi connectivity index (χ4v) is 2.01. The third-order valence-corrected chi connectivity index (χ3v) is 2.95. The van der Waals surface area contributed by atoms with Crippen LogP contribution in [0.3, 0.4) is 0 Å². The molecule has 0 aliphatic carbocycles. The van der Waals surface area contributed by atoms with Gasteiger partial charge in [-0.25, -0.2) is 4.79 Å². The van der Waals surface area contributed by atoms with Gasteiger partial charge < -0.3 is 4.42 Å². The third-order valence-electron chi connectivity index (χ3n) is 2.95. The molecule has 0 saturated heterocycles. The van der Waals surface area contributed by atoms with Gasteiger partial charge in [0.15, 0.2) is 0 Å². The number of aryl methyl sites for hydroxylation is 2. The molecule has 1 aromatic heterocycles. The van der Waals surface area contributed by atoms with Gasteiger partial charge in [-0.05, 0) is 36.1 Å². The van der Waals surface area contributed by atoms with E-state index in [4.69, 9.17) is 9.68 Å². The van der Waals surface area contributed by atoms with Crippen molar-refractivity contribution in [1.29, 1.82) is 5.26 Å². The maximum atomic E-state index is 11.6. The van der Waals surface area contributed by atoms with Crippen LogP contribution in [0.4, 0.5) is 0 Å². The van der Waals surface area contributed by atoms with Gasteiger partial charge in [-0.1, -0.05) is 19.9 Å². The van der Waals surface area contributed by atoms with Crippen molar-refractivity contribution in [2.24, 2.45) is 0 Å². The fourth-order valence-electron chi connectivity index (χ4n) is 2.01. The monoisotopic (exact) mass is 227 g/mol. The molecular formula is C14H13NO2. The van der Waals surface area contributed by atoms with E-state index in [1.54, 1.807) is 6.07 Å². The summed E-state index contributed by atoms with van der Waals surface area (Å²) >= 11 is 0. The molecule has 0 atom stereocenters. The number of nitrogens with zero attached hydrogens (tertiary/aromatic N) is 1. The Bertz CT molecular complexity index is 662. The van der Waals surface area contributed by atoms with Gasteiger partial charge in [0, 0.05) is 5.39 Å². The summed E-state index contributed by atoms with van der Waals surface area (Å²) in [5.41, 5.74) is 2.11. The van der Waals surface area contributed by atoms with Gasteiger partial charge in [0.2, 0.25) is 0 Å². The number of benzene rings is 1. The molecule has 17 heavy (non-hydrogen) atoms. The van der Waals surface area contributed by atoms with Gasteiger partial charge >= 0.3 is 5.63 Å². The van der Waals surface area contributed by atoms with Gasteiger partial charge in [0.05, 0.1) is 0 Å². The molecule has 0 bridgehead atoms. The second-order valence-corrected chi connectivity index (χ2v) is 3.89. The first kappa shape index (κ1) is 11.4. The number of hydrogen-bond donors (Lipinski definition) is 0. The third kappa shape index (κ3) is 1.83. The SMILES string of the molecule is CCc1ccc2oc(=O)c(C#N)c(CC)c2c1. The van der Waals surface area contributed by atoms with Gasteiger partial charge in [0.1, 0.15) is 17.2 Å². The van der Waals surface area contributed by atoms with Crippen molar-refractivity contribution in [3.8, 4) is 6.07 Å². The molecular weight excluding hydrogens is 214 g/mol. The van der Waals surface area contributed by atoms with E-state index >= 15 is 0 Å². The van der Waals surface area contributed by atoms with Crippen molar-refractivity contribution in [3.05, 3.63) is 45.3 Å².